The molecule has 0 aliphatic rings. The number of pyridine rings is 2. The number of nitrogens with zero attached hydrogens (tertiary/aromatic N) is 2. The van der Waals surface area contributed by atoms with Crippen molar-refractivity contribution in [3.05, 3.63) is 133 Å². The molecule has 0 aliphatic carbocycles. The molecule has 0 unspecified atom stereocenters. The van der Waals surface area contributed by atoms with E-state index >= 15 is 0 Å². The summed E-state index contributed by atoms with van der Waals surface area (Å²) in [5.74, 6) is -0.368. The largest absolute Gasteiger partial charge is 0.304 e. The van der Waals surface area contributed by atoms with Crippen molar-refractivity contribution in [2.45, 2.75) is 6.85 Å². The molecule has 0 spiro atoms. The summed E-state index contributed by atoms with van der Waals surface area (Å²) < 4.78 is 34.3. The zero-order chi connectivity index (χ0) is 24.7. The van der Waals surface area contributed by atoms with Gasteiger partial charge in [0.15, 0.2) is 0 Å². The number of aromatic nitrogens is 2. The van der Waals surface area contributed by atoms with Crippen molar-refractivity contribution in [1.29, 1.82) is 0 Å². The fraction of sp³-hybridized carbons (Fsp3) is 0.0345. The van der Waals surface area contributed by atoms with Gasteiger partial charge in [0.05, 0.1) is 0 Å². The quantitative estimate of drug-likeness (QED) is 0.202. The van der Waals surface area contributed by atoms with Crippen LogP contribution in [0, 0.1) is 24.8 Å². The van der Waals surface area contributed by atoms with Gasteiger partial charge in [0, 0.05) is 42.4 Å². The van der Waals surface area contributed by atoms with Gasteiger partial charge in [0.1, 0.15) is 0 Å². The molecule has 0 bridgehead atoms. The maximum Gasteiger partial charge on any atom is 0.0379 e. The van der Waals surface area contributed by atoms with Crippen molar-refractivity contribution in [2.75, 3.05) is 0 Å². The van der Waals surface area contributed by atoms with Gasteiger partial charge in [0.25, 0.3) is 0 Å². The molecule has 0 fully saturated rings. The summed E-state index contributed by atoms with van der Waals surface area (Å²) in [5.41, 5.74) is 5.68. The molecule has 33 heavy (non-hydrogen) atoms. The van der Waals surface area contributed by atoms with Crippen molar-refractivity contribution in [2.24, 2.45) is 0 Å². The van der Waals surface area contributed by atoms with Crippen molar-refractivity contribution in [1.82, 2.24) is 9.97 Å². The molecule has 5 aromatic rings. The summed E-state index contributed by atoms with van der Waals surface area (Å²) in [6, 6.07) is 35.4. The molecule has 2 aromatic heterocycles. The Morgan fingerprint density at radius 1 is 0.697 bits per heavy atom. The van der Waals surface area contributed by atoms with Gasteiger partial charge in [-0.2, -0.15) is 0 Å². The summed E-state index contributed by atoms with van der Waals surface area (Å²) in [6.07, 6.45) is 3.21. The van der Waals surface area contributed by atoms with E-state index in [4.69, 9.17) is 4.11 Å². The number of halogens is 1. The van der Waals surface area contributed by atoms with E-state index in [1.165, 1.54) is 30.0 Å². The Balaban J connectivity index is 0.000000196. The number of hydrogen-bond donors (Lipinski definition) is 0. The molecule has 0 N–H and O–H groups in total. The van der Waals surface area contributed by atoms with Crippen molar-refractivity contribution >= 4 is 0 Å². The normalized spacial score (nSPS) is 11.6. The molecule has 0 saturated carbocycles. The first kappa shape index (κ1) is 20.2. The molecule has 0 amide bonds. The Bertz CT molecular complexity index is 1280. The van der Waals surface area contributed by atoms with Crippen LogP contribution in [-0.4, -0.2) is 9.97 Å². The number of aryl methyl sites for hydroxylation is 1. The van der Waals surface area contributed by atoms with Crippen LogP contribution in [0.15, 0.2) is 109 Å². The summed E-state index contributed by atoms with van der Waals surface area (Å²) in [4.78, 5) is 8.53. The van der Waals surface area contributed by atoms with Gasteiger partial charge >= 0.3 is 0 Å². The molecular formula is C29H21FIrN2-2. The molecule has 0 saturated heterocycles. The van der Waals surface area contributed by atoms with Crippen molar-refractivity contribution in [3.8, 4) is 33.6 Å². The molecule has 165 valence electrons. The summed E-state index contributed by atoms with van der Waals surface area (Å²) in [6.45, 7) is -2.15. The third kappa shape index (κ3) is 6.76. The van der Waals surface area contributed by atoms with Crippen LogP contribution in [0.5, 0.6) is 0 Å². The van der Waals surface area contributed by atoms with Crippen LogP contribution in [-0.2, 0) is 20.1 Å². The Labute approximate surface area is 211 Å². The fourth-order valence-electron chi connectivity index (χ4n) is 3.03. The number of hydrogen-bond acceptors (Lipinski definition) is 2. The Kier molecular flexibility index (Phi) is 7.31. The molecule has 4 heteroatoms. The van der Waals surface area contributed by atoms with Gasteiger partial charge in [0.2, 0.25) is 0 Å². The van der Waals surface area contributed by atoms with Crippen LogP contribution in [0.1, 0.15) is 9.68 Å². The smallest absolute Gasteiger partial charge is 0.0379 e. The molecule has 0 aliphatic heterocycles. The van der Waals surface area contributed by atoms with Gasteiger partial charge < -0.3 is 9.97 Å². The van der Waals surface area contributed by atoms with Crippen molar-refractivity contribution in [3.63, 3.8) is 0 Å². The van der Waals surface area contributed by atoms with Crippen molar-refractivity contribution < 1.29 is 28.6 Å². The van der Waals surface area contributed by atoms with E-state index in [1.54, 1.807) is 12.1 Å². The third-order valence-corrected chi connectivity index (χ3v) is 4.67. The summed E-state index contributed by atoms with van der Waals surface area (Å²) in [7, 11) is 0. The van der Waals surface area contributed by atoms with E-state index in [9.17, 15) is 4.39 Å². The summed E-state index contributed by atoms with van der Waals surface area (Å²) in [5, 5.41) is 0. The third-order valence-electron chi connectivity index (χ3n) is 4.67. The fourth-order valence-corrected chi connectivity index (χ4v) is 3.03. The predicted molar refractivity (Wildman–Crippen MR) is 127 cm³/mol. The van der Waals surface area contributed by atoms with E-state index in [1.807, 2.05) is 54.7 Å². The second kappa shape index (κ2) is 12.0. The van der Waals surface area contributed by atoms with Gasteiger partial charge in [-0.1, -0.05) is 54.6 Å². The van der Waals surface area contributed by atoms with Gasteiger partial charge in [-0.05, 0) is 34.9 Å². The Morgan fingerprint density at radius 2 is 1.42 bits per heavy atom. The zero-order valence-corrected chi connectivity index (χ0v) is 19.9. The zero-order valence-electron chi connectivity index (χ0n) is 20.5. The Hall–Kier alpha value is -3.46. The second-order valence-corrected chi connectivity index (χ2v) is 6.93. The van der Waals surface area contributed by atoms with Crippen LogP contribution >= 0.6 is 0 Å². The molecular weight excluding hydrogens is 588 g/mol. The minimum Gasteiger partial charge on any atom is -0.304 e. The maximum atomic E-state index is 12.7. The Morgan fingerprint density at radius 3 is 2.00 bits per heavy atom. The van der Waals surface area contributed by atoms with E-state index in [2.05, 4.69) is 40.3 Å². The number of rotatable bonds is 3. The van der Waals surface area contributed by atoms with Gasteiger partial charge in [-0.3, -0.25) is 4.39 Å². The van der Waals surface area contributed by atoms with Crippen LogP contribution in [0.4, 0.5) is 4.39 Å². The monoisotopic (exact) mass is 612 g/mol. The van der Waals surface area contributed by atoms with Gasteiger partial charge in [-0.15, -0.1) is 65.7 Å². The predicted octanol–water partition coefficient (Wildman–Crippen LogP) is 7.21. The minimum atomic E-state index is -2.15. The first-order valence-electron chi connectivity index (χ1n) is 11.5. The van der Waals surface area contributed by atoms with E-state index in [0.717, 1.165) is 16.8 Å². The van der Waals surface area contributed by atoms with Crippen LogP contribution in [0.3, 0.4) is 0 Å². The van der Waals surface area contributed by atoms with Crippen LogP contribution in [0.2, 0.25) is 0 Å². The van der Waals surface area contributed by atoms with E-state index in [-0.39, 0.29) is 31.5 Å². The standard InChI is InChI=1S/C17H12N.C12H9FN.Ir/c1-3-7-14(8-4-1)16-11-12-17(18-13-16)15-9-5-2-6-10-15;1-9-2-7-12(14-8-9)10-3-5-11(13)6-4-10;/h1-9,11-13H;2-3,5-8H,1H3;/q2*-1;/i;1D3;. The molecule has 2 nitrogen and oxygen atoms in total. The molecule has 2 heterocycles. The first-order valence-corrected chi connectivity index (χ1v) is 10.0. The average Bonchev–Trinajstić information content (AvgIpc) is 2.90. The SMILES string of the molecule is [2H]C([2H])([2H])c1ccc(-c2[c-]cc(F)cc2)nc1.[Ir].[c-]1ccccc1-c1ccc(-c2ccccc2)cn1. The maximum absolute atomic E-state index is 12.7. The van der Waals surface area contributed by atoms with E-state index < -0.39 is 6.85 Å². The van der Waals surface area contributed by atoms with E-state index in [0.29, 0.717) is 11.3 Å². The first-order chi connectivity index (χ1) is 16.9. The molecule has 1 radical (unpaired) electrons. The number of benzene rings is 3. The topological polar surface area (TPSA) is 25.8 Å². The second-order valence-electron chi connectivity index (χ2n) is 6.93. The molecule has 0 atom stereocenters. The van der Waals surface area contributed by atoms with Crippen LogP contribution < -0.4 is 0 Å². The molecule has 3 aromatic carbocycles. The van der Waals surface area contributed by atoms with Crippen LogP contribution in [0.25, 0.3) is 33.6 Å². The minimum absolute atomic E-state index is 0. The molecule has 5 rings (SSSR count). The summed E-state index contributed by atoms with van der Waals surface area (Å²) >= 11 is 0. The average molecular weight is 612 g/mol. The van der Waals surface area contributed by atoms with Gasteiger partial charge in [-0.25, -0.2) is 0 Å².